The van der Waals surface area contributed by atoms with Gasteiger partial charge in [0.25, 0.3) is 0 Å². The van der Waals surface area contributed by atoms with Gasteiger partial charge in [0.15, 0.2) is 0 Å². The smallest absolute Gasteiger partial charge is 0.0640 e. The number of para-hydroxylation sites is 2. The van der Waals surface area contributed by atoms with Crippen LogP contribution in [0.25, 0.3) is 41.7 Å². The fourth-order valence-corrected chi connectivity index (χ4v) is 8.19. The molecule has 2 nitrogen and oxygen atoms in total. The number of thiophene rings is 1. The van der Waals surface area contributed by atoms with Crippen LogP contribution in [0.1, 0.15) is 12.8 Å². The van der Waals surface area contributed by atoms with Crippen molar-refractivity contribution in [3.8, 4) is 0 Å². The van der Waals surface area contributed by atoms with E-state index in [4.69, 9.17) is 0 Å². The average molecular weight is 597 g/mol. The molecule has 0 radical (unpaired) electrons. The van der Waals surface area contributed by atoms with Crippen LogP contribution >= 0.6 is 11.3 Å². The van der Waals surface area contributed by atoms with E-state index in [2.05, 4.69) is 150 Å². The van der Waals surface area contributed by atoms with E-state index in [1.807, 2.05) is 29.6 Å². The first kappa shape index (κ1) is 27.2. The molecule has 8 rings (SSSR count). The Morgan fingerprint density at radius 1 is 0.622 bits per heavy atom. The van der Waals surface area contributed by atoms with Crippen LogP contribution in [0.2, 0.25) is 0 Å². The molecular weight excluding hydrogens is 565 g/mol. The summed E-state index contributed by atoms with van der Waals surface area (Å²) < 4.78 is 2.54. The molecule has 0 bridgehead atoms. The maximum absolute atomic E-state index is 4.20. The molecule has 0 fully saturated rings. The number of hydrogen-bond donors (Lipinski definition) is 0. The van der Waals surface area contributed by atoms with Crippen molar-refractivity contribution < 1.29 is 0 Å². The zero-order valence-corrected chi connectivity index (χ0v) is 25.8. The molecule has 216 valence electrons. The Morgan fingerprint density at radius 2 is 1.22 bits per heavy atom. The van der Waals surface area contributed by atoms with E-state index in [1.165, 1.54) is 53.1 Å². The zero-order chi connectivity index (χ0) is 30.3. The molecule has 0 saturated heterocycles. The number of benzene rings is 6. The minimum Gasteiger partial charge on any atom is -0.309 e. The van der Waals surface area contributed by atoms with Gasteiger partial charge in [-0.2, -0.15) is 0 Å². The molecule has 0 saturated carbocycles. The molecule has 0 aliphatic heterocycles. The van der Waals surface area contributed by atoms with Crippen molar-refractivity contribution in [2.45, 2.75) is 12.8 Å². The molecule has 0 spiro atoms. The summed E-state index contributed by atoms with van der Waals surface area (Å²) in [5.74, 6) is 0. The van der Waals surface area contributed by atoms with Gasteiger partial charge < -0.3 is 9.80 Å². The Bertz CT molecular complexity index is 2300. The third kappa shape index (κ3) is 4.39. The summed E-state index contributed by atoms with van der Waals surface area (Å²) in [7, 11) is 0. The van der Waals surface area contributed by atoms with Gasteiger partial charge in [0.05, 0.1) is 20.8 Å². The fourth-order valence-electron chi connectivity index (χ4n) is 6.83. The van der Waals surface area contributed by atoms with E-state index >= 15 is 0 Å². The van der Waals surface area contributed by atoms with Crippen LogP contribution in [0, 0.1) is 0 Å². The highest BCUT2D eigenvalue weighted by atomic mass is 32.1. The van der Waals surface area contributed by atoms with Crippen molar-refractivity contribution in [1.29, 1.82) is 0 Å². The van der Waals surface area contributed by atoms with Gasteiger partial charge in [0.1, 0.15) is 0 Å². The third-order valence-corrected chi connectivity index (χ3v) is 9.97. The largest absolute Gasteiger partial charge is 0.309 e. The van der Waals surface area contributed by atoms with E-state index in [0.717, 1.165) is 35.6 Å². The van der Waals surface area contributed by atoms with Crippen LogP contribution in [0.5, 0.6) is 0 Å². The van der Waals surface area contributed by atoms with E-state index in [9.17, 15) is 0 Å². The monoisotopic (exact) mass is 596 g/mol. The highest BCUT2D eigenvalue weighted by Gasteiger charge is 2.26. The van der Waals surface area contributed by atoms with Crippen molar-refractivity contribution in [3.63, 3.8) is 0 Å². The summed E-state index contributed by atoms with van der Waals surface area (Å²) >= 11 is 1.89. The molecule has 1 aliphatic rings. The minimum absolute atomic E-state index is 0.976. The first-order valence-corrected chi connectivity index (χ1v) is 16.2. The predicted molar refractivity (Wildman–Crippen MR) is 198 cm³/mol. The molecule has 1 heterocycles. The topological polar surface area (TPSA) is 6.48 Å². The second kappa shape index (κ2) is 11.3. The average Bonchev–Trinajstić information content (AvgIpc) is 3.51. The number of rotatable bonds is 8. The van der Waals surface area contributed by atoms with Crippen LogP contribution in [0.15, 0.2) is 170 Å². The van der Waals surface area contributed by atoms with E-state index in [-0.39, 0.29) is 0 Å². The molecule has 3 heteroatoms. The van der Waals surface area contributed by atoms with E-state index in [1.54, 1.807) is 0 Å². The number of fused-ring (bicyclic) bond motifs is 3. The predicted octanol–water partition coefficient (Wildman–Crippen LogP) is 12.6. The van der Waals surface area contributed by atoms with Crippen LogP contribution in [-0.2, 0) is 0 Å². The molecule has 0 amide bonds. The normalized spacial score (nSPS) is 13.5. The van der Waals surface area contributed by atoms with Crippen LogP contribution in [0.3, 0.4) is 0 Å². The summed E-state index contributed by atoms with van der Waals surface area (Å²) in [6.07, 6.45) is 14.8. The van der Waals surface area contributed by atoms with Gasteiger partial charge in [0, 0.05) is 33.5 Å². The highest BCUT2D eigenvalue weighted by Crippen LogP contribution is 2.53. The van der Waals surface area contributed by atoms with Crippen LogP contribution in [-0.4, -0.2) is 0 Å². The van der Waals surface area contributed by atoms with Crippen molar-refractivity contribution in [2.24, 2.45) is 0 Å². The molecule has 45 heavy (non-hydrogen) atoms. The molecular formula is C42H32N2S. The van der Waals surface area contributed by atoms with Gasteiger partial charge in [-0.25, -0.2) is 0 Å². The molecule has 7 aromatic rings. The first-order valence-electron chi connectivity index (χ1n) is 15.4. The van der Waals surface area contributed by atoms with E-state index < -0.39 is 0 Å². The minimum atomic E-state index is 0.976. The lowest BCUT2D eigenvalue weighted by Crippen LogP contribution is -2.16. The van der Waals surface area contributed by atoms with Gasteiger partial charge in [-0.3, -0.25) is 0 Å². The quantitative estimate of drug-likeness (QED) is 0.127. The summed E-state index contributed by atoms with van der Waals surface area (Å²) in [4.78, 5) is 4.75. The highest BCUT2D eigenvalue weighted by molar-refractivity contribution is 7.27. The Hall–Kier alpha value is -5.38. The Balaban J connectivity index is 1.51. The van der Waals surface area contributed by atoms with E-state index in [0.29, 0.717) is 0 Å². The maximum Gasteiger partial charge on any atom is 0.0640 e. The van der Waals surface area contributed by atoms with Gasteiger partial charge in [0.2, 0.25) is 0 Å². The summed E-state index contributed by atoms with van der Waals surface area (Å²) in [5.41, 5.74) is 6.77. The number of anilines is 4. The summed E-state index contributed by atoms with van der Waals surface area (Å²) in [6.45, 7) is 8.21. The standard InChI is InChI=1S/C42H32N2S/c1-3-16-29(4-2)43(30-17-8-5-9-18-30)37-27-25-35-33-23-14-15-24-34(33)36-26-28-38(42-40(36)39(35)41(37)45-42)44(31-19-10-6-11-20-31)32-21-12-7-13-22-32/h3-6,8-12,14-28H,1-2,7,13H2/b29-16+. The Kier molecular flexibility index (Phi) is 6.81. The lowest BCUT2D eigenvalue weighted by atomic mass is 9.93. The Morgan fingerprint density at radius 3 is 1.82 bits per heavy atom. The number of allylic oxidation sites excluding steroid dienone is 6. The summed E-state index contributed by atoms with van der Waals surface area (Å²) in [6, 6.07) is 39.4. The van der Waals surface area contributed by atoms with Crippen molar-refractivity contribution in [2.75, 3.05) is 9.80 Å². The maximum atomic E-state index is 4.20. The van der Waals surface area contributed by atoms with Crippen molar-refractivity contribution in [1.82, 2.24) is 0 Å². The van der Waals surface area contributed by atoms with Gasteiger partial charge in [-0.1, -0.05) is 104 Å². The third-order valence-electron chi connectivity index (χ3n) is 8.74. The number of hydrogen-bond acceptors (Lipinski definition) is 3. The second-order valence-corrected chi connectivity index (χ2v) is 12.3. The van der Waals surface area contributed by atoms with Crippen molar-refractivity contribution in [3.05, 3.63) is 170 Å². The molecule has 1 aromatic heterocycles. The van der Waals surface area contributed by atoms with Gasteiger partial charge in [-0.05, 0) is 89.0 Å². The van der Waals surface area contributed by atoms with Gasteiger partial charge >= 0.3 is 0 Å². The molecule has 6 aromatic carbocycles. The van der Waals surface area contributed by atoms with Crippen LogP contribution in [0.4, 0.5) is 22.7 Å². The Labute approximate surface area is 267 Å². The van der Waals surface area contributed by atoms with Crippen molar-refractivity contribution >= 4 is 75.8 Å². The first-order chi connectivity index (χ1) is 22.3. The number of nitrogens with zero attached hydrogens (tertiary/aromatic N) is 2. The molecule has 1 aliphatic carbocycles. The summed E-state index contributed by atoms with van der Waals surface area (Å²) in [5, 5.41) is 7.78. The molecule has 0 atom stereocenters. The molecule has 0 N–H and O–H groups in total. The second-order valence-electron chi connectivity index (χ2n) is 11.3. The fraction of sp³-hybridized carbons (Fsp3) is 0.0476. The van der Waals surface area contributed by atoms with Crippen LogP contribution < -0.4 is 9.80 Å². The SMILES string of the molecule is C=C/C=C(\C=C)N(c1ccccc1)c1ccc2c3ccccc3c3ccc(N(C4=CCCC=C4)c4ccccc4)c4sc1c2c43. The zero-order valence-electron chi connectivity index (χ0n) is 25.0. The lowest BCUT2D eigenvalue weighted by Gasteiger charge is -2.28. The van der Waals surface area contributed by atoms with Gasteiger partial charge in [-0.15, -0.1) is 11.3 Å². The molecule has 0 unspecified atom stereocenters. The lowest BCUT2D eigenvalue weighted by molar-refractivity contribution is 0.998.